The number of nitrogens with zero attached hydrogens (tertiary/aromatic N) is 1. The SMILES string of the molecule is CC(C)NC(=O)[C@@H]1CCC(=O)N(C)[C@H]1c1cccc(F)c1. The maximum atomic E-state index is 13.5. The molecule has 1 aromatic rings. The van der Waals surface area contributed by atoms with E-state index in [9.17, 15) is 14.0 Å². The van der Waals surface area contributed by atoms with Crippen molar-refractivity contribution in [1.29, 1.82) is 0 Å². The van der Waals surface area contributed by atoms with E-state index in [2.05, 4.69) is 5.32 Å². The van der Waals surface area contributed by atoms with Crippen LogP contribution in [0.15, 0.2) is 24.3 Å². The first-order valence-corrected chi connectivity index (χ1v) is 7.21. The molecule has 0 bridgehead atoms. The van der Waals surface area contributed by atoms with E-state index in [1.807, 2.05) is 13.8 Å². The quantitative estimate of drug-likeness (QED) is 0.929. The van der Waals surface area contributed by atoms with Crippen LogP contribution < -0.4 is 5.32 Å². The fourth-order valence-electron chi connectivity index (χ4n) is 2.85. The van der Waals surface area contributed by atoms with E-state index in [-0.39, 0.29) is 29.6 Å². The van der Waals surface area contributed by atoms with Crippen LogP contribution in [0.5, 0.6) is 0 Å². The van der Waals surface area contributed by atoms with Crippen molar-refractivity contribution in [3.05, 3.63) is 35.6 Å². The molecule has 1 aromatic carbocycles. The van der Waals surface area contributed by atoms with Crippen LogP contribution in [0.3, 0.4) is 0 Å². The highest BCUT2D eigenvalue weighted by atomic mass is 19.1. The van der Waals surface area contributed by atoms with Gasteiger partial charge in [-0.15, -0.1) is 0 Å². The van der Waals surface area contributed by atoms with E-state index in [0.29, 0.717) is 18.4 Å². The summed E-state index contributed by atoms with van der Waals surface area (Å²) in [6, 6.07) is 5.74. The molecular weight excluding hydrogens is 271 g/mol. The second-order valence-corrected chi connectivity index (χ2v) is 5.81. The van der Waals surface area contributed by atoms with Gasteiger partial charge in [0.1, 0.15) is 5.82 Å². The van der Waals surface area contributed by atoms with Crippen molar-refractivity contribution in [3.63, 3.8) is 0 Å². The van der Waals surface area contributed by atoms with E-state index in [0.717, 1.165) is 0 Å². The predicted molar refractivity (Wildman–Crippen MR) is 77.9 cm³/mol. The van der Waals surface area contributed by atoms with Crippen molar-refractivity contribution in [2.24, 2.45) is 5.92 Å². The highest BCUT2D eigenvalue weighted by Gasteiger charge is 2.38. The maximum Gasteiger partial charge on any atom is 0.225 e. The zero-order valence-electron chi connectivity index (χ0n) is 12.6. The van der Waals surface area contributed by atoms with Gasteiger partial charge in [-0.05, 0) is 38.0 Å². The Balaban J connectivity index is 2.33. The lowest BCUT2D eigenvalue weighted by Gasteiger charge is -2.38. The average molecular weight is 292 g/mol. The molecule has 5 heteroatoms. The fourth-order valence-corrected chi connectivity index (χ4v) is 2.85. The van der Waals surface area contributed by atoms with E-state index < -0.39 is 6.04 Å². The summed E-state index contributed by atoms with van der Waals surface area (Å²) < 4.78 is 13.5. The molecule has 1 aliphatic rings. The number of hydrogen-bond acceptors (Lipinski definition) is 2. The molecule has 1 heterocycles. The number of carbonyl (C=O) groups is 2. The number of benzene rings is 1. The molecule has 0 radical (unpaired) electrons. The van der Waals surface area contributed by atoms with Crippen LogP contribution in [0.25, 0.3) is 0 Å². The second kappa shape index (κ2) is 6.24. The molecule has 0 unspecified atom stereocenters. The highest BCUT2D eigenvalue weighted by molar-refractivity contribution is 5.85. The van der Waals surface area contributed by atoms with E-state index in [1.165, 1.54) is 12.1 Å². The van der Waals surface area contributed by atoms with Crippen LogP contribution in [0, 0.1) is 11.7 Å². The number of piperidine rings is 1. The largest absolute Gasteiger partial charge is 0.354 e. The third-order valence-electron chi connectivity index (χ3n) is 3.82. The highest BCUT2D eigenvalue weighted by Crippen LogP contribution is 2.36. The van der Waals surface area contributed by atoms with Crippen molar-refractivity contribution in [2.75, 3.05) is 7.05 Å². The monoisotopic (exact) mass is 292 g/mol. The summed E-state index contributed by atoms with van der Waals surface area (Å²) in [5.41, 5.74) is 0.662. The third-order valence-corrected chi connectivity index (χ3v) is 3.82. The van der Waals surface area contributed by atoms with Gasteiger partial charge in [-0.3, -0.25) is 9.59 Å². The molecule has 1 aliphatic heterocycles. The van der Waals surface area contributed by atoms with Gasteiger partial charge >= 0.3 is 0 Å². The summed E-state index contributed by atoms with van der Waals surface area (Å²) in [5.74, 6) is -0.810. The van der Waals surface area contributed by atoms with Gasteiger partial charge in [0.15, 0.2) is 0 Å². The first kappa shape index (κ1) is 15.5. The Kier molecular flexibility index (Phi) is 4.60. The summed E-state index contributed by atoms with van der Waals surface area (Å²) in [6.45, 7) is 3.79. The van der Waals surface area contributed by atoms with Gasteiger partial charge in [0, 0.05) is 19.5 Å². The van der Waals surface area contributed by atoms with Gasteiger partial charge in [-0.1, -0.05) is 12.1 Å². The topological polar surface area (TPSA) is 49.4 Å². The maximum absolute atomic E-state index is 13.5. The number of halogens is 1. The third kappa shape index (κ3) is 3.40. The molecule has 2 amide bonds. The Labute approximate surface area is 124 Å². The van der Waals surface area contributed by atoms with E-state index in [4.69, 9.17) is 0 Å². The zero-order valence-corrected chi connectivity index (χ0v) is 12.6. The summed E-state index contributed by atoms with van der Waals surface area (Å²) in [6.07, 6.45) is 0.835. The molecule has 0 saturated carbocycles. The van der Waals surface area contributed by atoms with Crippen molar-refractivity contribution >= 4 is 11.8 Å². The number of rotatable bonds is 3. The van der Waals surface area contributed by atoms with Crippen LogP contribution in [0.4, 0.5) is 4.39 Å². The minimum Gasteiger partial charge on any atom is -0.354 e. The van der Waals surface area contributed by atoms with Gasteiger partial charge in [-0.25, -0.2) is 4.39 Å². The van der Waals surface area contributed by atoms with Crippen LogP contribution >= 0.6 is 0 Å². The molecule has 2 atom stereocenters. The zero-order chi connectivity index (χ0) is 15.6. The average Bonchev–Trinajstić information content (AvgIpc) is 2.40. The van der Waals surface area contributed by atoms with Crippen LogP contribution in [-0.4, -0.2) is 29.8 Å². The van der Waals surface area contributed by atoms with E-state index >= 15 is 0 Å². The Hall–Kier alpha value is -1.91. The number of carbonyl (C=O) groups excluding carboxylic acids is 2. The van der Waals surface area contributed by atoms with E-state index in [1.54, 1.807) is 24.1 Å². The molecule has 0 aliphatic carbocycles. The number of amides is 2. The van der Waals surface area contributed by atoms with Crippen molar-refractivity contribution < 1.29 is 14.0 Å². The first-order valence-electron chi connectivity index (χ1n) is 7.21. The smallest absolute Gasteiger partial charge is 0.225 e. The Morgan fingerprint density at radius 3 is 2.76 bits per heavy atom. The number of nitrogens with one attached hydrogen (secondary N) is 1. The van der Waals surface area contributed by atoms with Gasteiger partial charge in [0.05, 0.1) is 12.0 Å². The summed E-state index contributed by atoms with van der Waals surface area (Å²) >= 11 is 0. The molecule has 1 fully saturated rings. The normalized spacial score (nSPS) is 22.5. The second-order valence-electron chi connectivity index (χ2n) is 5.81. The standard InChI is InChI=1S/C16H21FN2O2/c1-10(2)18-16(21)13-7-8-14(20)19(3)15(13)11-5-4-6-12(17)9-11/h4-6,9-10,13,15H,7-8H2,1-3H3,(H,18,21)/t13-,15+/m1/s1. The van der Waals surface area contributed by atoms with Crippen molar-refractivity contribution in [2.45, 2.75) is 38.8 Å². The molecule has 4 nitrogen and oxygen atoms in total. The lowest BCUT2D eigenvalue weighted by Crippen LogP contribution is -2.47. The lowest BCUT2D eigenvalue weighted by atomic mass is 9.84. The fraction of sp³-hybridized carbons (Fsp3) is 0.500. The minimum atomic E-state index is -0.416. The molecule has 2 rings (SSSR count). The van der Waals surface area contributed by atoms with Crippen molar-refractivity contribution in [1.82, 2.24) is 10.2 Å². The van der Waals surface area contributed by atoms with Crippen molar-refractivity contribution in [3.8, 4) is 0 Å². The van der Waals surface area contributed by atoms with Crippen LogP contribution in [-0.2, 0) is 9.59 Å². The molecule has 21 heavy (non-hydrogen) atoms. The molecule has 114 valence electrons. The van der Waals surface area contributed by atoms with Gasteiger partial charge in [0.25, 0.3) is 0 Å². The summed E-state index contributed by atoms with van der Waals surface area (Å²) in [4.78, 5) is 25.9. The van der Waals surface area contributed by atoms with Crippen LogP contribution in [0.1, 0.15) is 38.3 Å². The minimum absolute atomic E-state index is 0.0159. The first-order chi connectivity index (χ1) is 9.90. The number of hydrogen-bond donors (Lipinski definition) is 1. The summed E-state index contributed by atoms with van der Waals surface area (Å²) in [5, 5.41) is 2.89. The molecule has 1 N–H and O–H groups in total. The lowest BCUT2D eigenvalue weighted by molar-refractivity contribution is -0.141. The molecule has 0 aromatic heterocycles. The van der Waals surface area contributed by atoms with Gasteiger partial charge in [-0.2, -0.15) is 0 Å². The van der Waals surface area contributed by atoms with Gasteiger partial charge in [0.2, 0.25) is 11.8 Å². The Morgan fingerprint density at radius 2 is 2.14 bits per heavy atom. The Bertz CT molecular complexity index is 545. The number of likely N-dealkylation sites (tertiary alicyclic amines) is 1. The van der Waals surface area contributed by atoms with Crippen LogP contribution in [0.2, 0.25) is 0 Å². The molecular formula is C16H21FN2O2. The predicted octanol–water partition coefficient (Wildman–Crippen LogP) is 2.26. The Morgan fingerprint density at radius 1 is 1.43 bits per heavy atom. The molecule has 1 saturated heterocycles. The molecule has 0 spiro atoms. The summed E-state index contributed by atoms with van der Waals surface area (Å²) in [7, 11) is 1.67. The van der Waals surface area contributed by atoms with Gasteiger partial charge < -0.3 is 10.2 Å².